The summed E-state index contributed by atoms with van der Waals surface area (Å²) in [6.45, 7) is 0. The van der Waals surface area contributed by atoms with E-state index in [1.54, 1.807) is 30.7 Å². The molecule has 0 aliphatic rings. The third-order valence-corrected chi connectivity index (χ3v) is 4.66. The second-order valence-electron chi connectivity index (χ2n) is 6.62. The Morgan fingerprint density at radius 3 is 2.53 bits per heavy atom. The Morgan fingerprint density at radius 1 is 0.933 bits per heavy atom. The van der Waals surface area contributed by atoms with Crippen molar-refractivity contribution in [3.8, 4) is 11.3 Å². The van der Waals surface area contributed by atoms with Crippen LogP contribution >= 0.6 is 0 Å². The largest absolute Gasteiger partial charge is 0.337 e. The van der Waals surface area contributed by atoms with Gasteiger partial charge in [-0.3, -0.25) is 14.3 Å². The first-order valence-electron chi connectivity index (χ1n) is 9.33. The standard InChI is InChI=1S/C22H17N7O/c30-22(28-17-4-2-1-3-5-17)15-6-8-18(9-7-15)27-20-21-23-10-11-29(21)19(14-24-20)16-12-25-26-13-16/h1-14H,(H,24,27)(H,25,26)(H,28,30). The number of carbonyl (C=O) groups excluding carboxylic acids is 1. The summed E-state index contributed by atoms with van der Waals surface area (Å²) in [7, 11) is 0. The lowest BCUT2D eigenvalue weighted by Crippen LogP contribution is -2.11. The Balaban J connectivity index is 1.36. The van der Waals surface area contributed by atoms with Crippen LogP contribution in [0, 0.1) is 0 Å². The van der Waals surface area contributed by atoms with Gasteiger partial charge in [0, 0.05) is 41.1 Å². The number of aromatic nitrogens is 5. The van der Waals surface area contributed by atoms with E-state index in [2.05, 4.69) is 30.8 Å². The maximum Gasteiger partial charge on any atom is 0.255 e. The van der Waals surface area contributed by atoms with E-state index in [9.17, 15) is 4.79 Å². The summed E-state index contributed by atoms with van der Waals surface area (Å²) in [4.78, 5) is 21.4. The molecule has 0 bridgehead atoms. The van der Waals surface area contributed by atoms with Crippen LogP contribution in [-0.4, -0.2) is 30.5 Å². The number of fused-ring (bicyclic) bond motifs is 1. The summed E-state index contributed by atoms with van der Waals surface area (Å²) in [5.74, 6) is 0.458. The van der Waals surface area contributed by atoms with Crippen LogP contribution in [0.15, 0.2) is 85.6 Å². The predicted octanol–water partition coefficient (Wildman–Crippen LogP) is 4.12. The molecule has 5 aromatic rings. The fraction of sp³-hybridized carbons (Fsp3) is 0. The molecule has 0 spiro atoms. The average Bonchev–Trinajstić information content (AvgIpc) is 3.48. The van der Waals surface area contributed by atoms with E-state index in [0.717, 1.165) is 22.6 Å². The Labute approximate surface area is 171 Å². The van der Waals surface area contributed by atoms with Crippen molar-refractivity contribution in [2.24, 2.45) is 0 Å². The van der Waals surface area contributed by atoms with Crippen molar-refractivity contribution in [2.75, 3.05) is 10.6 Å². The number of benzene rings is 2. The number of hydrogen-bond acceptors (Lipinski definition) is 5. The van der Waals surface area contributed by atoms with Gasteiger partial charge in [-0.1, -0.05) is 18.2 Å². The quantitative estimate of drug-likeness (QED) is 0.416. The molecule has 0 atom stereocenters. The lowest BCUT2D eigenvalue weighted by Gasteiger charge is -2.10. The molecule has 0 unspecified atom stereocenters. The molecule has 146 valence electrons. The van der Waals surface area contributed by atoms with E-state index in [1.807, 2.05) is 59.3 Å². The molecular formula is C22H17N7O. The lowest BCUT2D eigenvalue weighted by atomic mass is 10.2. The fourth-order valence-corrected chi connectivity index (χ4v) is 3.18. The molecule has 0 aliphatic carbocycles. The first-order valence-corrected chi connectivity index (χ1v) is 9.33. The van der Waals surface area contributed by atoms with Crippen molar-refractivity contribution < 1.29 is 4.79 Å². The van der Waals surface area contributed by atoms with Gasteiger partial charge >= 0.3 is 0 Å². The third kappa shape index (κ3) is 3.37. The predicted molar refractivity (Wildman–Crippen MR) is 115 cm³/mol. The second-order valence-corrected chi connectivity index (χ2v) is 6.62. The van der Waals surface area contributed by atoms with Crippen molar-refractivity contribution in [1.82, 2.24) is 24.6 Å². The Morgan fingerprint density at radius 2 is 1.77 bits per heavy atom. The van der Waals surface area contributed by atoms with Crippen molar-refractivity contribution in [1.29, 1.82) is 0 Å². The lowest BCUT2D eigenvalue weighted by molar-refractivity contribution is 0.102. The van der Waals surface area contributed by atoms with Crippen molar-refractivity contribution in [3.63, 3.8) is 0 Å². The van der Waals surface area contributed by atoms with E-state index >= 15 is 0 Å². The monoisotopic (exact) mass is 395 g/mol. The molecule has 1 amide bonds. The van der Waals surface area contributed by atoms with Gasteiger partial charge in [0.25, 0.3) is 5.91 Å². The molecule has 0 aliphatic heterocycles. The minimum absolute atomic E-state index is 0.161. The number of amides is 1. The van der Waals surface area contributed by atoms with Gasteiger partial charge in [-0.2, -0.15) is 5.10 Å². The highest BCUT2D eigenvalue weighted by Gasteiger charge is 2.12. The van der Waals surface area contributed by atoms with E-state index in [4.69, 9.17) is 0 Å². The molecule has 3 aromatic heterocycles. The highest BCUT2D eigenvalue weighted by Crippen LogP contribution is 2.24. The zero-order chi connectivity index (χ0) is 20.3. The molecule has 3 heterocycles. The topological polar surface area (TPSA) is 100 Å². The summed E-state index contributed by atoms with van der Waals surface area (Å²) >= 11 is 0. The van der Waals surface area contributed by atoms with Crippen LogP contribution in [0.2, 0.25) is 0 Å². The zero-order valence-electron chi connectivity index (χ0n) is 15.8. The third-order valence-electron chi connectivity index (χ3n) is 4.66. The number of hydrogen-bond donors (Lipinski definition) is 3. The molecule has 0 saturated carbocycles. The number of para-hydroxylation sites is 1. The maximum atomic E-state index is 12.4. The van der Waals surface area contributed by atoms with Crippen LogP contribution in [-0.2, 0) is 0 Å². The van der Waals surface area contributed by atoms with Gasteiger partial charge < -0.3 is 10.6 Å². The van der Waals surface area contributed by atoms with Crippen LogP contribution in [0.1, 0.15) is 10.4 Å². The minimum atomic E-state index is -0.161. The summed E-state index contributed by atoms with van der Waals surface area (Å²) in [6.07, 6.45) is 8.92. The normalized spacial score (nSPS) is 10.8. The molecule has 0 saturated heterocycles. The van der Waals surface area contributed by atoms with Gasteiger partial charge in [0.15, 0.2) is 11.5 Å². The number of nitrogens with one attached hydrogen (secondary N) is 3. The van der Waals surface area contributed by atoms with Gasteiger partial charge in [-0.25, -0.2) is 9.97 Å². The molecule has 0 fully saturated rings. The number of aromatic amines is 1. The smallest absolute Gasteiger partial charge is 0.255 e. The average molecular weight is 395 g/mol. The van der Waals surface area contributed by atoms with E-state index in [1.165, 1.54) is 0 Å². The SMILES string of the molecule is O=C(Nc1ccccc1)c1ccc(Nc2ncc(-c3cn[nH]c3)n3ccnc23)cc1. The number of carbonyl (C=O) groups is 1. The van der Waals surface area contributed by atoms with E-state index in [0.29, 0.717) is 17.0 Å². The van der Waals surface area contributed by atoms with Crippen LogP contribution in [0.5, 0.6) is 0 Å². The summed E-state index contributed by atoms with van der Waals surface area (Å²) in [5, 5.41) is 12.9. The van der Waals surface area contributed by atoms with Crippen molar-refractivity contribution in [2.45, 2.75) is 0 Å². The number of rotatable bonds is 5. The zero-order valence-corrected chi connectivity index (χ0v) is 15.8. The van der Waals surface area contributed by atoms with Gasteiger partial charge in [0.1, 0.15) is 0 Å². The summed E-state index contributed by atoms with van der Waals surface area (Å²) < 4.78 is 1.95. The molecule has 3 N–H and O–H groups in total. The Kier molecular flexibility index (Phi) is 4.41. The van der Waals surface area contributed by atoms with Gasteiger partial charge in [-0.15, -0.1) is 0 Å². The summed E-state index contributed by atoms with van der Waals surface area (Å²) in [5.41, 5.74) is 4.63. The number of H-pyrrole nitrogens is 1. The number of nitrogens with zero attached hydrogens (tertiary/aromatic N) is 4. The van der Waals surface area contributed by atoms with Gasteiger partial charge in [-0.05, 0) is 36.4 Å². The molecular weight excluding hydrogens is 378 g/mol. The molecule has 5 rings (SSSR count). The van der Waals surface area contributed by atoms with E-state index < -0.39 is 0 Å². The maximum absolute atomic E-state index is 12.4. The van der Waals surface area contributed by atoms with Crippen LogP contribution in [0.4, 0.5) is 17.2 Å². The fourth-order valence-electron chi connectivity index (χ4n) is 3.18. The van der Waals surface area contributed by atoms with Crippen LogP contribution in [0.25, 0.3) is 16.9 Å². The highest BCUT2D eigenvalue weighted by atomic mass is 16.1. The molecule has 30 heavy (non-hydrogen) atoms. The molecule has 8 heteroatoms. The van der Waals surface area contributed by atoms with Crippen molar-refractivity contribution >= 4 is 28.7 Å². The Bertz CT molecular complexity index is 1290. The first-order chi connectivity index (χ1) is 14.8. The minimum Gasteiger partial charge on any atom is -0.337 e. The number of anilines is 3. The Hall–Kier alpha value is -4.46. The van der Waals surface area contributed by atoms with Crippen LogP contribution in [0.3, 0.4) is 0 Å². The molecule has 2 aromatic carbocycles. The highest BCUT2D eigenvalue weighted by molar-refractivity contribution is 6.04. The molecule has 8 nitrogen and oxygen atoms in total. The number of imidazole rings is 1. The first kappa shape index (κ1) is 17.6. The molecule has 0 radical (unpaired) electrons. The van der Waals surface area contributed by atoms with Crippen LogP contribution < -0.4 is 10.6 Å². The van der Waals surface area contributed by atoms with Gasteiger partial charge in [0.2, 0.25) is 0 Å². The van der Waals surface area contributed by atoms with Crippen molar-refractivity contribution in [3.05, 3.63) is 91.1 Å². The second kappa shape index (κ2) is 7.51. The summed E-state index contributed by atoms with van der Waals surface area (Å²) in [6, 6.07) is 16.6. The van der Waals surface area contributed by atoms with E-state index in [-0.39, 0.29) is 5.91 Å². The van der Waals surface area contributed by atoms with Gasteiger partial charge in [0.05, 0.1) is 18.1 Å².